The van der Waals surface area contributed by atoms with E-state index in [4.69, 9.17) is 34.8 Å². The second-order valence-corrected chi connectivity index (χ2v) is 8.14. The molecule has 27 heavy (non-hydrogen) atoms. The third-order valence-corrected chi connectivity index (χ3v) is 5.85. The van der Waals surface area contributed by atoms with E-state index in [2.05, 4.69) is 35.9 Å². The van der Waals surface area contributed by atoms with Gasteiger partial charge in [-0.3, -0.25) is 0 Å². The van der Waals surface area contributed by atoms with Crippen LogP contribution in [0.25, 0.3) is 0 Å². The van der Waals surface area contributed by atoms with Crippen LogP contribution in [0.3, 0.4) is 0 Å². The lowest BCUT2D eigenvalue weighted by atomic mass is 10.1. The average Bonchev–Trinajstić information content (AvgIpc) is 2.61. The molecule has 5 nitrogen and oxygen atoms in total. The molecule has 4 N–H and O–H groups in total. The quantitative estimate of drug-likeness (QED) is 0.452. The van der Waals surface area contributed by atoms with Crippen molar-refractivity contribution >= 4 is 40.3 Å². The molecule has 0 spiro atoms. The zero-order valence-corrected chi connectivity index (χ0v) is 17.5. The van der Waals surface area contributed by atoms with Crippen LogP contribution in [0, 0.1) is 0 Å². The molecule has 2 aromatic rings. The Labute approximate surface area is 171 Å². The van der Waals surface area contributed by atoms with Crippen molar-refractivity contribution in [3.05, 3.63) is 52.0 Å². The maximum Gasteiger partial charge on any atom is 0.0774 e. The summed E-state index contributed by atoms with van der Waals surface area (Å²) in [7, 11) is 2.15. The van der Waals surface area contributed by atoms with Crippen molar-refractivity contribution in [2.75, 3.05) is 42.3 Å². The van der Waals surface area contributed by atoms with Crippen molar-refractivity contribution in [3.8, 4) is 0 Å². The minimum absolute atomic E-state index is 0.155. The minimum atomic E-state index is -0.155. The molecular formula is C20H27Cl2N5. The first-order chi connectivity index (χ1) is 12.8. The minimum Gasteiger partial charge on any atom is -0.397 e. The molecule has 1 aliphatic heterocycles. The van der Waals surface area contributed by atoms with E-state index in [1.54, 1.807) is 11.1 Å². The zero-order valence-electron chi connectivity index (χ0n) is 16.0. The van der Waals surface area contributed by atoms with E-state index in [1.807, 2.05) is 25.1 Å². The van der Waals surface area contributed by atoms with Crippen LogP contribution in [-0.4, -0.2) is 37.6 Å². The van der Waals surface area contributed by atoms with Gasteiger partial charge in [0.25, 0.3) is 0 Å². The molecule has 3 rings (SSSR count). The summed E-state index contributed by atoms with van der Waals surface area (Å²) < 4.78 is 0. The molecule has 2 atom stereocenters. The molecule has 7 heteroatoms. The zero-order chi connectivity index (χ0) is 19.7. The number of hydrazine groups is 1. The normalized spacial score (nSPS) is 19.2. The van der Waals surface area contributed by atoms with Gasteiger partial charge in [-0.15, -0.1) is 0 Å². The van der Waals surface area contributed by atoms with Crippen molar-refractivity contribution in [3.63, 3.8) is 0 Å². The molecule has 0 aliphatic carbocycles. The first-order valence-electron chi connectivity index (χ1n) is 9.11. The monoisotopic (exact) mass is 407 g/mol. The Morgan fingerprint density at radius 2 is 1.89 bits per heavy atom. The van der Waals surface area contributed by atoms with Gasteiger partial charge in [0.15, 0.2) is 0 Å². The number of piperazine rings is 1. The van der Waals surface area contributed by atoms with E-state index >= 15 is 0 Å². The second kappa shape index (κ2) is 8.15. The standard InChI is InChI=1S/C20H27Cl2N5/c1-13-12-25(3)8-9-26(13)16-5-7-19(23)20(11-16)27(24)14(2)17-6-4-15(21)10-18(17)22/h4-7,10-11,13-14H,8-9,12,23-24H2,1-3H3. The molecule has 2 unspecified atom stereocenters. The first-order valence-corrected chi connectivity index (χ1v) is 9.87. The topological polar surface area (TPSA) is 61.8 Å². The van der Waals surface area contributed by atoms with E-state index in [1.165, 1.54) is 0 Å². The van der Waals surface area contributed by atoms with Gasteiger partial charge in [0, 0.05) is 41.4 Å². The number of hydrogen-bond acceptors (Lipinski definition) is 5. The number of likely N-dealkylation sites (N-methyl/N-ethyl adjacent to an activating group) is 1. The highest BCUT2D eigenvalue weighted by Gasteiger charge is 2.24. The van der Waals surface area contributed by atoms with Crippen molar-refractivity contribution in [2.24, 2.45) is 5.84 Å². The number of hydrogen-bond donors (Lipinski definition) is 2. The predicted octanol–water partition coefficient (Wildman–Crippen LogP) is 4.16. The average molecular weight is 408 g/mol. The number of nitrogens with zero attached hydrogens (tertiary/aromatic N) is 3. The smallest absolute Gasteiger partial charge is 0.0774 e. The molecule has 1 saturated heterocycles. The van der Waals surface area contributed by atoms with Gasteiger partial charge in [-0.2, -0.15) is 0 Å². The van der Waals surface area contributed by atoms with Gasteiger partial charge in [-0.1, -0.05) is 29.3 Å². The van der Waals surface area contributed by atoms with E-state index in [9.17, 15) is 0 Å². The molecule has 0 radical (unpaired) electrons. The van der Waals surface area contributed by atoms with E-state index < -0.39 is 0 Å². The maximum atomic E-state index is 6.47. The number of benzene rings is 2. The number of nitrogens with two attached hydrogens (primary N) is 2. The van der Waals surface area contributed by atoms with Crippen LogP contribution < -0.4 is 21.5 Å². The first kappa shape index (κ1) is 20.1. The summed E-state index contributed by atoms with van der Waals surface area (Å²) in [5.41, 5.74) is 9.71. The van der Waals surface area contributed by atoms with Gasteiger partial charge in [-0.05, 0) is 56.8 Å². The van der Waals surface area contributed by atoms with E-state index in [0.717, 1.165) is 36.6 Å². The highest BCUT2D eigenvalue weighted by Crippen LogP contribution is 2.35. The third kappa shape index (κ3) is 4.27. The molecule has 0 amide bonds. The summed E-state index contributed by atoms with van der Waals surface area (Å²) in [6, 6.07) is 11.8. The van der Waals surface area contributed by atoms with Gasteiger partial charge >= 0.3 is 0 Å². The van der Waals surface area contributed by atoms with Crippen molar-refractivity contribution in [1.29, 1.82) is 0 Å². The Hall–Kier alpha value is -1.66. The van der Waals surface area contributed by atoms with Crippen LogP contribution in [0.2, 0.25) is 10.0 Å². The fourth-order valence-electron chi connectivity index (χ4n) is 3.66. The number of nitrogen functional groups attached to an aromatic ring is 1. The van der Waals surface area contributed by atoms with E-state index in [-0.39, 0.29) is 6.04 Å². The molecular weight excluding hydrogens is 381 g/mol. The Morgan fingerprint density at radius 1 is 1.15 bits per heavy atom. The molecule has 0 saturated carbocycles. The lowest BCUT2D eigenvalue weighted by molar-refractivity contribution is 0.275. The van der Waals surface area contributed by atoms with Crippen LogP contribution in [0.15, 0.2) is 36.4 Å². The van der Waals surface area contributed by atoms with Crippen LogP contribution in [-0.2, 0) is 0 Å². The van der Waals surface area contributed by atoms with Gasteiger partial charge in [0.05, 0.1) is 17.4 Å². The third-order valence-electron chi connectivity index (χ3n) is 5.28. The SMILES string of the molecule is CC(c1ccc(Cl)cc1Cl)N(N)c1cc(N2CCN(C)CC2C)ccc1N. The van der Waals surface area contributed by atoms with Crippen LogP contribution >= 0.6 is 23.2 Å². The summed E-state index contributed by atoms with van der Waals surface area (Å²) in [4.78, 5) is 4.75. The molecule has 2 aromatic carbocycles. The van der Waals surface area contributed by atoms with Gasteiger partial charge in [0.1, 0.15) is 0 Å². The summed E-state index contributed by atoms with van der Waals surface area (Å²) in [5.74, 6) is 6.47. The summed E-state index contributed by atoms with van der Waals surface area (Å²) in [5, 5.41) is 2.87. The van der Waals surface area contributed by atoms with E-state index in [0.29, 0.717) is 21.8 Å². The van der Waals surface area contributed by atoms with Crippen molar-refractivity contribution in [1.82, 2.24) is 4.90 Å². The van der Waals surface area contributed by atoms with Gasteiger partial charge in [-0.25, -0.2) is 5.84 Å². The molecule has 1 aliphatic rings. The fraction of sp³-hybridized carbons (Fsp3) is 0.400. The number of rotatable bonds is 4. The summed E-state index contributed by atoms with van der Waals surface area (Å²) in [6.45, 7) is 7.28. The summed E-state index contributed by atoms with van der Waals surface area (Å²) in [6.07, 6.45) is 0. The van der Waals surface area contributed by atoms with Crippen LogP contribution in [0.4, 0.5) is 17.1 Å². The molecule has 146 valence electrons. The van der Waals surface area contributed by atoms with Crippen LogP contribution in [0.5, 0.6) is 0 Å². The van der Waals surface area contributed by atoms with Crippen molar-refractivity contribution < 1.29 is 0 Å². The number of halogens is 2. The number of anilines is 3. The van der Waals surface area contributed by atoms with Gasteiger partial charge < -0.3 is 20.5 Å². The Bertz CT molecular complexity index is 813. The molecule has 0 aromatic heterocycles. The molecule has 0 bridgehead atoms. The van der Waals surface area contributed by atoms with Crippen LogP contribution in [0.1, 0.15) is 25.5 Å². The second-order valence-electron chi connectivity index (χ2n) is 7.30. The Balaban J connectivity index is 1.89. The highest BCUT2D eigenvalue weighted by atomic mass is 35.5. The van der Waals surface area contributed by atoms with Crippen molar-refractivity contribution in [2.45, 2.75) is 25.9 Å². The fourth-order valence-corrected chi connectivity index (χ4v) is 4.22. The summed E-state index contributed by atoms with van der Waals surface area (Å²) >= 11 is 12.4. The molecule has 1 heterocycles. The van der Waals surface area contributed by atoms with Gasteiger partial charge in [0.2, 0.25) is 0 Å². The Kier molecular flexibility index (Phi) is 6.06. The largest absolute Gasteiger partial charge is 0.397 e. The predicted molar refractivity (Wildman–Crippen MR) is 117 cm³/mol. The highest BCUT2D eigenvalue weighted by molar-refractivity contribution is 6.35. The Morgan fingerprint density at radius 3 is 2.56 bits per heavy atom. The lowest BCUT2D eigenvalue weighted by Crippen LogP contribution is -2.50. The maximum absolute atomic E-state index is 6.47. The molecule has 1 fully saturated rings. The lowest BCUT2D eigenvalue weighted by Gasteiger charge is -2.40.